The van der Waals surface area contributed by atoms with E-state index in [1.54, 1.807) is 6.92 Å². The standard InChI is InChI=1S/C5H12N2O3/c1-4(3-8)6-5(9)7-10-2/h4,8H,3H2,1-2H3,(H2,6,7,9). The van der Waals surface area contributed by atoms with Gasteiger partial charge in [-0.2, -0.15) is 0 Å². The van der Waals surface area contributed by atoms with Gasteiger partial charge in [-0.15, -0.1) is 0 Å². The zero-order valence-electron chi connectivity index (χ0n) is 6.05. The van der Waals surface area contributed by atoms with Crippen molar-refractivity contribution in [2.24, 2.45) is 0 Å². The second-order valence-electron chi connectivity index (χ2n) is 1.86. The van der Waals surface area contributed by atoms with Crippen LogP contribution in [0.3, 0.4) is 0 Å². The SMILES string of the molecule is CONC(=O)NC(C)CO. The second-order valence-corrected chi connectivity index (χ2v) is 1.86. The van der Waals surface area contributed by atoms with E-state index in [4.69, 9.17) is 5.11 Å². The van der Waals surface area contributed by atoms with Gasteiger partial charge < -0.3 is 10.4 Å². The van der Waals surface area contributed by atoms with Gasteiger partial charge in [-0.1, -0.05) is 0 Å². The van der Waals surface area contributed by atoms with Crippen LogP contribution < -0.4 is 10.8 Å². The summed E-state index contributed by atoms with van der Waals surface area (Å²) in [5.41, 5.74) is 2.05. The predicted molar refractivity (Wildman–Crippen MR) is 35.2 cm³/mol. The molecule has 1 atom stereocenters. The number of aliphatic hydroxyl groups is 1. The molecule has 0 aliphatic rings. The lowest BCUT2D eigenvalue weighted by atomic mass is 10.4. The van der Waals surface area contributed by atoms with Gasteiger partial charge in [-0.05, 0) is 6.92 Å². The van der Waals surface area contributed by atoms with Crippen LogP contribution in [0.2, 0.25) is 0 Å². The van der Waals surface area contributed by atoms with Crippen LogP contribution in [0.15, 0.2) is 0 Å². The minimum atomic E-state index is -0.455. The van der Waals surface area contributed by atoms with Crippen molar-refractivity contribution in [2.75, 3.05) is 13.7 Å². The van der Waals surface area contributed by atoms with Gasteiger partial charge in [0.25, 0.3) is 0 Å². The number of hydrogen-bond acceptors (Lipinski definition) is 3. The predicted octanol–water partition coefficient (Wildman–Crippen LogP) is -0.772. The molecule has 0 aromatic rings. The van der Waals surface area contributed by atoms with Crippen LogP contribution in [0.25, 0.3) is 0 Å². The minimum absolute atomic E-state index is 0.0862. The summed E-state index contributed by atoms with van der Waals surface area (Å²) < 4.78 is 0. The van der Waals surface area contributed by atoms with E-state index >= 15 is 0 Å². The Morgan fingerprint density at radius 1 is 1.80 bits per heavy atom. The molecule has 0 saturated carbocycles. The summed E-state index contributed by atoms with van der Waals surface area (Å²) in [5, 5.41) is 10.9. The van der Waals surface area contributed by atoms with Gasteiger partial charge in [0.2, 0.25) is 0 Å². The van der Waals surface area contributed by atoms with E-state index in [9.17, 15) is 4.79 Å². The fourth-order valence-electron chi connectivity index (χ4n) is 0.392. The number of amides is 2. The van der Waals surface area contributed by atoms with Crippen molar-refractivity contribution < 1.29 is 14.7 Å². The highest BCUT2D eigenvalue weighted by atomic mass is 16.6. The third-order valence-corrected chi connectivity index (χ3v) is 0.846. The first kappa shape index (κ1) is 9.19. The molecule has 0 aromatic carbocycles. The summed E-state index contributed by atoms with van der Waals surface area (Å²) in [6.07, 6.45) is 0. The molecule has 0 fully saturated rings. The highest BCUT2D eigenvalue weighted by molar-refractivity contribution is 5.72. The van der Waals surface area contributed by atoms with E-state index in [1.807, 2.05) is 5.48 Å². The van der Waals surface area contributed by atoms with Crippen LogP contribution in [0, 0.1) is 0 Å². The molecule has 0 rings (SSSR count). The van der Waals surface area contributed by atoms with Gasteiger partial charge in [0.05, 0.1) is 19.8 Å². The van der Waals surface area contributed by atoms with Gasteiger partial charge in [0.1, 0.15) is 0 Å². The highest BCUT2D eigenvalue weighted by Gasteiger charge is 2.03. The Morgan fingerprint density at radius 3 is 2.80 bits per heavy atom. The van der Waals surface area contributed by atoms with E-state index < -0.39 is 6.03 Å². The molecular weight excluding hydrogens is 136 g/mol. The molecule has 3 N–H and O–H groups in total. The molecule has 0 saturated heterocycles. The maximum Gasteiger partial charge on any atom is 0.338 e. The van der Waals surface area contributed by atoms with E-state index in [0.29, 0.717) is 0 Å². The molecule has 0 aliphatic heterocycles. The molecule has 0 heterocycles. The number of aliphatic hydroxyl groups excluding tert-OH is 1. The van der Waals surface area contributed by atoms with Crippen molar-refractivity contribution in [3.8, 4) is 0 Å². The van der Waals surface area contributed by atoms with Crippen molar-refractivity contribution in [3.05, 3.63) is 0 Å². The fourth-order valence-corrected chi connectivity index (χ4v) is 0.392. The molecule has 0 spiro atoms. The average molecular weight is 148 g/mol. The van der Waals surface area contributed by atoms with Crippen molar-refractivity contribution in [1.82, 2.24) is 10.8 Å². The van der Waals surface area contributed by atoms with E-state index in [0.717, 1.165) is 0 Å². The Labute approximate surface area is 59.3 Å². The second kappa shape index (κ2) is 5.01. The maximum atomic E-state index is 10.6. The van der Waals surface area contributed by atoms with Gasteiger partial charge >= 0.3 is 6.03 Å². The molecule has 0 radical (unpaired) electrons. The zero-order chi connectivity index (χ0) is 7.98. The molecule has 1 unspecified atom stereocenters. The molecule has 10 heavy (non-hydrogen) atoms. The van der Waals surface area contributed by atoms with Crippen molar-refractivity contribution in [3.63, 3.8) is 0 Å². The summed E-state index contributed by atoms with van der Waals surface area (Å²) in [4.78, 5) is 14.9. The number of carbonyl (C=O) groups is 1. The minimum Gasteiger partial charge on any atom is -0.394 e. The molecule has 5 nitrogen and oxygen atoms in total. The van der Waals surface area contributed by atoms with E-state index in [1.165, 1.54) is 7.11 Å². The first-order valence-electron chi connectivity index (χ1n) is 2.91. The van der Waals surface area contributed by atoms with Crippen LogP contribution in [0.4, 0.5) is 4.79 Å². The summed E-state index contributed by atoms with van der Waals surface area (Å²) in [5.74, 6) is 0. The molecule has 2 amide bonds. The zero-order valence-corrected chi connectivity index (χ0v) is 6.05. The van der Waals surface area contributed by atoms with E-state index in [-0.39, 0.29) is 12.6 Å². The maximum absolute atomic E-state index is 10.6. The number of hydrogen-bond donors (Lipinski definition) is 3. The smallest absolute Gasteiger partial charge is 0.338 e. The first-order valence-corrected chi connectivity index (χ1v) is 2.91. The molecule has 0 aliphatic carbocycles. The van der Waals surface area contributed by atoms with Gasteiger partial charge in [0, 0.05) is 0 Å². The van der Waals surface area contributed by atoms with Crippen LogP contribution in [-0.4, -0.2) is 30.9 Å². The molecular formula is C5H12N2O3. The van der Waals surface area contributed by atoms with Crippen LogP contribution >= 0.6 is 0 Å². The van der Waals surface area contributed by atoms with Gasteiger partial charge in [-0.3, -0.25) is 4.84 Å². The van der Waals surface area contributed by atoms with Crippen LogP contribution in [0.5, 0.6) is 0 Å². The lowest BCUT2D eigenvalue weighted by Crippen LogP contribution is -2.41. The Kier molecular flexibility index (Phi) is 4.61. The lowest BCUT2D eigenvalue weighted by molar-refractivity contribution is 0.104. The largest absolute Gasteiger partial charge is 0.394 e. The highest BCUT2D eigenvalue weighted by Crippen LogP contribution is 1.76. The van der Waals surface area contributed by atoms with E-state index in [2.05, 4.69) is 10.2 Å². The van der Waals surface area contributed by atoms with Gasteiger partial charge in [-0.25, -0.2) is 10.3 Å². The summed E-state index contributed by atoms with van der Waals surface area (Å²) in [7, 11) is 1.34. The third kappa shape index (κ3) is 4.11. The number of hydroxylamine groups is 1. The first-order chi connectivity index (χ1) is 4.70. The van der Waals surface area contributed by atoms with Crippen LogP contribution in [-0.2, 0) is 4.84 Å². The quantitative estimate of drug-likeness (QED) is 0.460. The molecule has 5 heteroatoms. The number of nitrogens with one attached hydrogen (secondary N) is 2. The molecule has 0 bridgehead atoms. The summed E-state index contributed by atoms with van der Waals surface area (Å²) in [6, 6.07) is -0.709. The third-order valence-electron chi connectivity index (χ3n) is 0.846. The van der Waals surface area contributed by atoms with Crippen molar-refractivity contribution in [1.29, 1.82) is 0 Å². The van der Waals surface area contributed by atoms with Crippen molar-refractivity contribution >= 4 is 6.03 Å². The fraction of sp³-hybridized carbons (Fsp3) is 0.800. The average Bonchev–Trinajstić information content (AvgIpc) is 1.88. The number of urea groups is 1. The topological polar surface area (TPSA) is 70.6 Å². The normalized spacial score (nSPS) is 12.3. The van der Waals surface area contributed by atoms with Gasteiger partial charge in [0.15, 0.2) is 0 Å². The molecule has 0 aromatic heterocycles. The Balaban J connectivity index is 3.37. The van der Waals surface area contributed by atoms with Crippen molar-refractivity contribution in [2.45, 2.75) is 13.0 Å². The summed E-state index contributed by atoms with van der Waals surface area (Å²) in [6.45, 7) is 1.59. The summed E-state index contributed by atoms with van der Waals surface area (Å²) >= 11 is 0. The Hall–Kier alpha value is -0.810. The number of rotatable bonds is 3. The van der Waals surface area contributed by atoms with Crippen LogP contribution in [0.1, 0.15) is 6.92 Å². The molecule has 60 valence electrons. The Morgan fingerprint density at radius 2 is 2.40 bits per heavy atom. The number of carbonyl (C=O) groups excluding carboxylic acids is 1. The monoisotopic (exact) mass is 148 g/mol. The Bertz CT molecular complexity index is 107. The lowest BCUT2D eigenvalue weighted by Gasteiger charge is -2.09.